The molecule has 0 unspecified atom stereocenters. The largest absolute Gasteiger partial charge is 2.00 e. The summed E-state index contributed by atoms with van der Waals surface area (Å²) in [6.07, 6.45) is 11.6. The van der Waals surface area contributed by atoms with E-state index in [0.717, 1.165) is 51.6 Å². The fourth-order valence-electron chi connectivity index (χ4n) is 3.38. The second kappa shape index (κ2) is 25.5. The van der Waals surface area contributed by atoms with Crippen LogP contribution in [-0.2, 0) is 43.6 Å². The average Bonchev–Trinajstić information content (AvgIpc) is 2.91. The summed E-state index contributed by atoms with van der Waals surface area (Å²) in [7, 11) is 2.30. The number of aromatic nitrogens is 1. The quantitative estimate of drug-likeness (QED) is 0.0452. The summed E-state index contributed by atoms with van der Waals surface area (Å²) < 4.78 is 49.3. The molecule has 1 heterocycles. The van der Waals surface area contributed by atoms with Crippen LogP contribution in [0, 0.1) is 6.07 Å². The number of hydrogen-bond donors (Lipinski definition) is 0. The molecule has 0 fully saturated rings. The number of nitrogens with zero attached hydrogens (tertiary/aromatic N) is 3. The Bertz CT molecular complexity index is 1030. The number of carbonyl (C=O) groups excluding carboxylic acids is 2. The minimum Gasteiger partial charge on any atom is -0.462 e. The molecule has 44 heavy (non-hydrogen) atoms. The van der Waals surface area contributed by atoms with E-state index in [9.17, 15) is 26.9 Å². The molecule has 0 bridgehead atoms. The van der Waals surface area contributed by atoms with E-state index in [4.69, 9.17) is 9.47 Å². The van der Waals surface area contributed by atoms with Gasteiger partial charge in [0, 0.05) is 25.5 Å². The van der Waals surface area contributed by atoms with E-state index in [2.05, 4.69) is 80.4 Å². The first-order valence-corrected chi connectivity index (χ1v) is 13.9. The zero-order valence-electron chi connectivity index (χ0n) is 26.0. The number of benzene rings is 1. The van der Waals surface area contributed by atoms with Gasteiger partial charge >= 0.3 is 40.3 Å². The van der Waals surface area contributed by atoms with Crippen LogP contribution in [0.25, 0.3) is 0 Å². The van der Waals surface area contributed by atoms with E-state index in [1.54, 1.807) is 0 Å². The molecule has 2 aromatic rings. The van der Waals surface area contributed by atoms with Crippen molar-refractivity contribution < 1.29 is 57.4 Å². The predicted molar refractivity (Wildman–Crippen MR) is 163 cm³/mol. The van der Waals surface area contributed by atoms with Gasteiger partial charge in [0.05, 0.1) is 24.3 Å². The standard InChI is InChI=1S/C19H25NO4.C12H19N2.BF4.Pt/c1-3-5-7-9-11-23-18(21)16-13-17(15-20-14-16)19(22)24-12-10-8-6-4-2;1-13(2)9-11-6-5-7-12(8-11)10-14(3)4;2-1(3,4)5;/h3-4,13-15H,1-2,5-12H2;5-7H,9-10H2,1-4H3;;/q;2*-1;+2. The third-order valence-corrected chi connectivity index (χ3v) is 5.17. The number of pyridine rings is 1. The topological polar surface area (TPSA) is 72.0 Å². The van der Waals surface area contributed by atoms with Crippen molar-refractivity contribution in [3.05, 3.63) is 90.3 Å². The van der Waals surface area contributed by atoms with Gasteiger partial charge in [-0.2, -0.15) is 24.3 Å². The van der Waals surface area contributed by atoms with Crippen molar-refractivity contribution >= 4 is 19.2 Å². The Labute approximate surface area is 274 Å². The van der Waals surface area contributed by atoms with Crippen molar-refractivity contribution in [1.82, 2.24) is 14.8 Å². The molecule has 1 aromatic heterocycles. The maximum Gasteiger partial charge on any atom is 2.00 e. The molecule has 0 saturated heterocycles. The monoisotopic (exact) mass is 804 g/mol. The van der Waals surface area contributed by atoms with Crippen LogP contribution in [0.5, 0.6) is 0 Å². The molecule has 2 rings (SSSR count). The number of unbranched alkanes of at least 4 members (excludes halogenated alkanes) is 4. The van der Waals surface area contributed by atoms with Crippen LogP contribution in [0.15, 0.2) is 62.0 Å². The zero-order valence-corrected chi connectivity index (χ0v) is 28.3. The maximum absolute atomic E-state index is 11.9. The van der Waals surface area contributed by atoms with E-state index in [1.807, 2.05) is 12.2 Å². The summed E-state index contributed by atoms with van der Waals surface area (Å²) in [5.41, 5.74) is 3.02. The Kier molecular flexibility index (Phi) is 25.1. The second-order valence-corrected chi connectivity index (χ2v) is 9.97. The molecule has 248 valence electrons. The average molecular weight is 805 g/mol. The third kappa shape index (κ3) is 25.7. The summed E-state index contributed by atoms with van der Waals surface area (Å²) in [4.78, 5) is 32.1. The molecule has 13 heteroatoms. The van der Waals surface area contributed by atoms with Crippen LogP contribution in [0.2, 0.25) is 0 Å². The Morgan fingerprint density at radius 1 is 0.818 bits per heavy atom. The van der Waals surface area contributed by atoms with Gasteiger partial charge < -0.3 is 36.5 Å². The first-order chi connectivity index (χ1) is 20.3. The SMILES string of the molecule is C=CCCCCOC(=O)c1cncc(C(=O)OCCCCC=C)c1.CN(C)Cc1[c-]c(CN(C)C)ccc1.F[B-](F)(F)F.[Pt+2]. The van der Waals surface area contributed by atoms with Crippen molar-refractivity contribution in [2.24, 2.45) is 0 Å². The molecule has 7 nitrogen and oxygen atoms in total. The van der Waals surface area contributed by atoms with E-state index in [1.165, 1.54) is 29.6 Å². The minimum atomic E-state index is -6.00. The number of hydrogen-bond acceptors (Lipinski definition) is 7. The molecule has 0 radical (unpaired) electrons. The van der Waals surface area contributed by atoms with Crippen LogP contribution in [0.3, 0.4) is 0 Å². The summed E-state index contributed by atoms with van der Waals surface area (Å²) in [6.45, 7) is 9.87. The van der Waals surface area contributed by atoms with Crippen LogP contribution < -0.4 is 0 Å². The van der Waals surface area contributed by atoms with Crippen molar-refractivity contribution in [3.63, 3.8) is 0 Å². The molecular formula is C31H44BF4N3O4Pt. The number of halogens is 4. The summed E-state index contributed by atoms with van der Waals surface area (Å²) in [6, 6.07) is 11.2. The molecule has 1 aromatic carbocycles. The van der Waals surface area contributed by atoms with Crippen LogP contribution in [0.4, 0.5) is 17.3 Å². The summed E-state index contributed by atoms with van der Waals surface area (Å²) >= 11 is 0. The maximum atomic E-state index is 11.9. The second-order valence-electron chi connectivity index (χ2n) is 9.97. The number of rotatable bonds is 16. The Balaban J connectivity index is 0. The van der Waals surface area contributed by atoms with Gasteiger partial charge in [-0.15, -0.1) is 24.3 Å². The van der Waals surface area contributed by atoms with Crippen molar-refractivity contribution in [2.45, 2.75) is 51.6 Å². The predicted octanol–water partition coefficient (Wildman–Crippen LogP) is 7.02. The van der Waals surface area contributed by atoms with Gasteiger partial charge in [0.2, 0.25) is 0 Å². The molecule has 0 N–H and O–H groups in total. The van der Waals surface area contributed by atoms with Gasteiger partial charge in [-0.1, -0.05) is 12.2 Å². The summed E-state index contributed by atoms with van der Waals surface area (Å²) in [5, 5.41) is 0. The smallest absolute Gasteiger partial charge is 0.462 e. The zero-order chi connectivity index (χ0) is 32.7. The van der Waals surface area contributed by atoms with E-state index in [-0.39, 0.29) is 32.2 Å². The summed E-state index contributed by atoms with van der Waals surface area (Å²) in [5.74, 6) is -0.969. The Hall–Kier alpha value is -2.82. The normalized spacial score (nSPS) is 10.4. The van der Waals surface area contributed by atoms with Crippen LogP contribution in [0.1, 0.15) is 70.4 Å². The Morgan fingerprint density at radius 2 is 1.20 bits per heavy atom. The molecule has 0 aliphatic heterocycles. The van der Waals surface area contributed by atoms with E-state index < -0.39 is 19.2 Å². The molecule has 0 aliphatic carbocycles. The van der Waals surface area contributed by atoms with Gasteiger partial charge in [-0.05, 0) is 72.8 Å². The first-order valence-electron chi connectivity index (χ1n) is 13.9. The van der Waals surface area contributed by atoms with E-state index in [0.29, 0.717) is 13.2 Å². The number of esters is 2. The van der Waals surface area contributed by atoms with Gasteiger partial charge in [-0.25, -0.2) is 9.59 Å². The third-order valence-electron chi connectivity index (χ3n) is 5.17. The minimum absolute atomic E-state index is 0. The fourth-order valence-corrected chi connectivity index (χ4v) is 3.38. The van der Waals surface area contributed by atoms with Crippen molar-refractivity contribution in [3.8, 4) is 0 Å². The van der Waals surface area contributed by atoms with Crippen molar-refractivity contribution in [2.75, 3.05) is 41.4 Å². The van der Waals surface area contributed by atoms with Gasteiger partial charge in [0.25, 0.3) is 0 Å². The van der Waals surface area contributed by atoms with Gasteiger partial charge in [-0.3, -0.25) is 4.98 Å². The molecule has 0 aliphatic rings. The molecular weight excluding hydrogens is 760 g/mol. The molecule has 0 saturated carbocycles. The van der Waals surface area contributed by atoms with Crippen molar-refractivity contribution in [1.29, 1.82) is 0 Å². The number of allylic oxidation sites excluding steroid dienone is 2. The number of ether oxygens (including phenoxy) is 2. The van der Waals surface area contributed by atoms with Gasteiger partial charge in [0.1, 0.15) is 0 Å². The molecule has 0 amide bonds. The molecule has 0 spiro atoms. The van der Waals surface area contributed by atoms with Crippen LogP contribution in [-0.4, -0.2) is 75.4 Å². The molecule has 0 atom stereocenters. The first kappa shape index (κ1) is 43.3. The fraction of sp³-hybridized carbons (Fsp3) is 0.452. The van der Waals surface area contributed by atoms with Crippen LogP contribution >= 0.6 is 0 Å². The van der Waals surface area contributed by atoms with Gasteiger partial charge in [0.15, 0.2) is 0 Å². The number of carbonyl (C=O) groups is 2. The van der Waals surface area contributed by atoms with E-state index >= 15 is 0 Å². The Morgan fingerprint density at radius 3 is 1.55 bits per heavy atom.